The van der Waals surface area contributed by atoms with Gasteiger partial charge in [0.1, 0.15) is 24.1 Å². The monoisotopic (exact) mass is 581 g/mol. The first-order chi connectivity index (χ1) is 19.6. The lowest BCUT2D eigenvalue weighted by atomic mass is 10.1. The van der Waals surface area contributed by atoms with Crippen molar-refractivity contribution in [2.45, 2.75) is 57.1 Å². The van der Waals surface area contributed by atoms with Crippen molar-refractivity contribution < 1.29 is 27.5 Å². The van der Waals surface area contributed by atoms with Crippen LogP contribution in [0.15, 0.2) is 83.8 Å². The molecule has 0 heterocycles. The Labute approximate surface area is 243 Å². The first-order valence-corrected chi connectivity index (χ1v) is 15.0. The fourth-order valence-electron chi connectivity index (χ4n) is 4.29. The highest BCUT2D eigenvalue weighted by Crippen LogP contribution is 2.26. The van der Waals surface area contributed by atoms with Crippen LogP contribution in [0.5, 0.6) is 11.5 Å². The van der Waals surface area contributed by atoms with Crippen molar-refractivity contribution in [3.05, 3.63) is 84.4 Å². The number of nitrogens with zero attached hydrogens (tertiary/aromatic N) is 2. The summed E-state index contributed by atoms with van der Waals surface area (Å²) in [6.07, 6.45) is 1.08. The number of para-hydroxylation sites is 1. The second-order valence-corrected chi connectivity index (χ2v) is 11.5. The lowest BCUT2D eigenvalue weighted by molar-refractivity contribution is -0.140. The van der Waals surface area contributed by atoms with Gasteiger partial charge in [-0.25, -0.2) is 8.42 Å². The molecule has 0 aliphatic rings. The molecule has 9 nitrogen and oxygen atoms in total. The highest BCUT2D eigenvalue weighted by molar-refractivity contribution is 7.92. The SMILES string of the molecule is CC[C@@H](C)NC(=O)[C@@H](CC)N(Cc1ccc(OC)cc1)C(=O)CN(c1ccccc1)S(=O)(=O)c1ccc(OC)cc1. The van der Waals surface area contributed by atoms with Gasteiger partial charge >= 0.3 is 0 Å². The molecule has 0 saturated heterocycles. The van der Waals surface area contributed by atoms with Gasteiger partial charge in [-0.2, -0.15) is 0 Å². The van der Waals surface area contributed by atoms with Gasteiger partial charge in [-0.1, -0.05) is 44.2 Å². The van der Waals surface area contributed by atoms with Crippen LogP contribution in [0, 0.1) is 0 Å². The second-order valence-electron chi connectivity index (χ2n) is 9.63. The Morgan fingerprint density at radius 1 is 0.829 bits per heavy atom. The number of hydrogen-bond donors (Lipinski definition) is 1. The molecule has 41 heavy (non-hydrogen) atoms. The molecule has 3 rings (SSSR count). The minimum absolute atomic E-state index is 0.0122. The third kappa shape index (κ3) is 8.00. The van der Waals surface area contributed by atoms with Crippen molar-refractivity contribution in [1.82, 2.24) is 10.2 Å². The molecule has 2 amide bonds. The smallest absolute Gasteiger partial charge is 0.264 e. The first-order valence-electron chi connectivity index (χ1n) is 13.6. The van der Waals surface area contributed by atoms with Crippen LogP contribution < -0.4 is 19.1 Å². The van der Waals surface area contributed by atoms with Gasteiger partial charge in [-0.15, -0.1) is 0 Å². The molecule has 2 atom stereocenters. The van der Waals surface area contributed by atoms with Crippen molar-refractivity contribution in [2.75, 3.05) is 25.1 Å². The molecule has 0 aliphatic heterocycles. The Kier molecular flexibility index (Phi) is 11.2. The average molecular weight is 582 g/mol. The number of methoxy groups -OCH3 is 2. The maximum Gasteiger partial charge on any atom is 0.264 e. The number of hydrogen-bond acceptors (Lipinski definition) is 6. The van der Waals surface area contributed by atoms with E-state index in [9.17, 15) is 18.0 Å². The van der Waals surface area contributed by atoms with Crippen LogP contribution in [0.1, 0.15) is 39.2 Å². The summed E-state index contributed by atoms with van der Waals surface area (Å²) in [5.41, 5.74) is 1.11. The van der Waals surface area contributed by atoms with E-state index >= 15 is 0 Å². The molecule has 1 N–H and O–H groups in total. The molecule has 0 aliphatic carbocycles. The minimum atomic E-state index is -4.15. The van der Waals surface area contributed by atoms with Gasteiger partial charge in [0.25, 0.3) is 10.0 Å². The van der Waals surface area contributed by atoms with Crippen molar-refractivity contribution in [3.63, 3.8) is 0 Å². The van der Waals surface area contributed by atoms with Crippen molar-refractivity contribution in [1.29, 1.82) is 0 Å². The zero-order valence-electron chi connectivity index (χ0n) is 24.2. The maximum absolute atomic E-state index is 14.1. The average Bonchev–Trinajstić information content (AvgIpc) is 3.00. The van der Waals surface area contributed by atoms with E-state index in [1.807, 2.05) is 32.9 Å². The fraction of sp³-hybridized carbons (Fsp3) is 0.355. The maximum atomic E-state index is 14.1. The topological polar surface area (TPSA) is 105 Å². The summed E-state index contributed by atoms with van der Waals surface area (Å²) in [6, 6.07) is 20.8. The van der Waals surface area contributed by atoms with E-state index in [1.54, 1.807) is 61.7 Å². The summed E-state index contributed by atoms with van der Waals surface area (Å²) in [5.74, 6) is 0.380. The summed E-state index contributed by atoms with van der Waals surface area (Å²) in [7, 11) is -1.09. The Balaban J connectivity index is 2.03. The lowest BCUT2D eigenvalue weighted by Crippen LogP contribution is -2.53. The normalized spacial score (nSPS) is 12.6. The Hall–Kier alpha value is -4.05. The molecule has 0 fully saturated rings. The molecule has 0 radical (unpaired) electrons. The van der Waals surface area contributed by atoms with E-state index < -0.39 is 28.5 Å². The highest BCUT2D eigenvalue weighted by atomic mass is 32.2. The van der Waals surface area contributed by atoms with Crippen molar-refractivity contribution in [3.8, 4) is 11.5 Å². The molecule has 220 valence electrons. The number of rotatable bonds is 14. The zero-order chi connectivity index (χ0) is 30.0. The fourth-order valence-corrected chi connectivity index (χ4v) is 5.70. The van der Waals surface area contributed by atoms with Gasteiger partial charge < -0.3 is 19.7 Å². The number of nitrogens with one attached hydrogen (secondary N) is 1. The van der Waals surface area contributed by atoms with Crippen LogP contribution in [-0.2, 0) is 26.2 Å². The van der Waals surface area contributed by atoms with Crippen LogP contribution in [0.2, 0.25) is 0 Å². The molecule has 0 aromatic heterocycles. The first kappa shape index (κ1) is 31.5. The van der Waals surface area contributed by atoms with E-state index in [1.165, 1.54) is 24.1 Å². The molecule has 3 aromatic rings. The van der Waals surface area contributed by atoms with Crippen LogP contribution in [0.3, 0.4) is 0 Å². The van der Waals surface area contributed by atoms with E-state index in [-0.39, 0.29) is 23.4 Å². The summed E-state index contributed by atoms with van der Waals surface area (Å²) < 4.78 is 39.3. The number of amides is 2. The standard InChI is InChI=1S/C31H39N3O6S/c1-6-23(3)32-31(36)29(7-2)33(21-24-13-15-26(39-4)16-14-24)30(35)22-34(25-11-9-8-10-12-25)41(37,38)28-19-17-27(40-5)18-20-28/h8-20,23,29H,6-7,21-22H2,1-5H3,(H,32,36)/t23-,29-/m1/s1. The Morgan fingerprint density at radius 2 is 1.39 bits per heavy atom. The number of sulfonamides is 1. The molecule has 0 bridgehead atoms. The van der Waals surface area contributed by atoms with Crippen molar-refractivity contribution >= 4 is 27.5 Å². The molecule has 0 saturated carbocycles. The Morgan fingerprint density at radius 3 is 1.90 bits per heavy atom. The Bertz CT molecular complexity index is 1380. The van der Waals surface area contributed by atoms with Gasteiger partial charge in [0, 0.05) is 12.6 Å². The van der Waals surface area contributed by atoms with Gasteiger partial charge in [0.15, 0.2) is 0 Å². The van der Waals surface area contributed by atoms with Gasteiger partial charge in [0.05, 0.1) is 24.8 Å². The molecule has 0 unspecified atom stereocenters. The molecule has 0 spiro atoms. The van der Waals surface area contributed by atoms with Crippen LogP contribution in [0.25, 0.3) is 0 Å². The van der Waals surface area contributed by atoms with Gasteiger partial charge in [0.2, 0.25) is 11.8 Å². The van der Waals surface area contributed by atoms with Gasteiger partial charge in [-0.3, -0.25) is 13.9 Å². The van der Waals surface area contributed by atoms with E-state index in [4.69, 9.17) is 9.47 Å². The number of anilines is 1. The molecular formula is C31H39N3O6S. The van der Waals surface area contributed by atoms with Crippen LogP contribution in [0.4, 0.5) is 5.69 Å². The molecular weight excluding hydrogens is 542 g/mol. The van der Waals surface area contributed by atoms with E-state index in [0.29, 0.717) is 23.6 Å². The van der Waals surface area contributed by atoms with Crippen molar-refractivity contribution in [2.24, 2.45) is 0 Å². The summed E-state index contributed by atoms with van der Waals surface area (Å²) in [4.78, 5) is 28.9. The number of carbonyl (C=O) groups excluding carboxylic acids is 2. The predicted molar refractivity (Wildman–Crippen MR) is 159 cm³/mol. The summed E-state index contributed by atoms with van der Waals surface area (Å²) >= 11 is 0. The number of benzene rings is 3. The summed E-state index contributed by atoms with van der Waals surface area (Å²) in [6.45, 7) is 5.31. The van der Waals surface area contributed by atoms with Crippen LogP contribution >= 0.6 is 0 Å². The highest BCUT2D eigenvalue weighted by Gasteiger charge is 2.34. The zero-order valence-corrected chi connectivity index (χ0v) is 25.1. The van der Waals surface area contributed by atoms with E-state index in [2.05, 4.69) is 5.32 Å². The van der Waals surface area contributed by atoms with E-state index in [0.717, 1.165) is 16.3 Å². The number of ether oxygens (including phenoxy) is 2. The summed E-state index contributed by atoms with van der Waals surface area (Å²) in [5, 5.41) is 2.98. The largest absolute Gasteiger partial charge is 0.497 e. The second kappa shape index (κ2) is 14.5. The third-order valence-corrected chi connectivity index (χ3v) is 8.66. The predicted octanol–water partition coefficient (Wildman–Crippen LogP) is 4.62. The number of carbonyl (C=O) groups is 2. The molecule has 3 aromatic carbocycles. The third-order valence-electron chi connectivity index (χ3n) is 6.87. The minimum Gasteiger partial charge on any atom is -0.497 e. The van der Waals surface area contributed by atoms with Gasteiger partial charge in [-0.05, 0) is 73.9 Å². The molecule has 10 heteroatoms. The van der Waals surface area contributed by atoms with Crippen LogP contribution in [-0.4, -0.2) is 58.0 Å². The quantitative estimate of drug-likeness (QED) is 0.298. The lowest BCUT2D eigenvalue weighted by Gasteiger charge is -2.33.